The van der Waals surface area contributed by atoms with Crippen molar-refractivity contribution in [3.63, 3.8) is 0 Å². The summed E-state index contributed by atoms with van der Waals surface area (Å²) in [5.41, 5.74) is 0.528. The zero-order chi connectivity index (χ0) is 17.1. The maximum atomic E-state index is 12.5. The third kappa shape index (κ3) is 4.72. The Hall–Kier alpha value is -2.16. The highest BCUT2D eigenvalue weighted by Crippen LogP contribution is 2.24. The monoisotopic (exact) mass is 401 g/mol. The standard InChI is InChI=1S/C16H19N5O3.2ClH/c1-11-4-5-17-9-13(11)19-16(22)12-2-3-14(15(8-12)21(23)24)20-7-6-18-10-20;;/h2-3,6-8,10-11,13,17H,4-5,9H2,1H3,(H,19,22);2*1H. The molecule has 0 saturated carbocycles. The van der Waals surface area contributed by atoms with E-state index in [0.29, 0.717) is 18.2 Å². The molecule has 142 valence electrons. The molecule has 0 spiro atoms. The topological polar surface area (TPSA) is 102 Å². The van der Waals surface area contributed by atoms with Gasteiger partial charge in [0.25, 0.3) is 11.6 Å². The molecular weight excluding hydrogens is 381 g/mol. The zero-order valence-corrected chi connectivity index (χ0v) is 15.8. The number of imidazole rings is 1. The number of hydrogen-bond acceptors (Lipinski definition) is 5. The average Bonchev–Trinajstić information content (AvgIpc) is 3.10. The van der Waals surface area contributed by atoms with Crippen LogP contribution >= 0.6 is 24.8 Å². The Balaban J connectivity index is 0.00000169. The third-order valence-electron chi connectivity index (χ3n) is 4.36. The second-order valence-corrected chi connectivity index (χ2v) is 5.98. The molecule has 2 atom stereocenters. The highest BCUT2D eigenvalue weighted by Gasteiger charge is 2.24. The summed E-state index contributed by atoms with van der Waals surface area (Å²) in [6.07, 6.45) is 5.64. The Kier molecular flexibility index (Phi) is 8.01. The number of halogens is 2. The summed E-state index contributed by atoms with van der Waals surface area (Å²) in [4.78, 5) is 27.2. The first-order valence-electron chi connectivity index (χ1n) is 7.84. The molecule has 1 fully saturated rings. The summed E-state index contributed by atoms with van der Waals surface area (Å²) in [5.74, 6) is 0.0752. The second kappa shape index (κ2) is 9.51. The lowest BCUT2D eigenvalue weighted by atomic mass is 9.94. The Bertz CT molecular complexity index is 754. The lowest BCUT2D eigenvalue weighted by molar-refractivity contribution is -0.384. The molecule has 26 heavy (non-hydrogen) atoms. The number of nitro benzene ring substituents is 1. The van der Waals surface area contributed by atoms with Crippen molar-refractivity contribution in [1.82, 2.24) is 20.2 Å². The number of carbonyl (C=O) groups excluding carboxylic acids is 1. The van der Waals surface area contributed by atoms with Crippen LogP contribution in [0.4, 0.5) is 5.69 Å². The highest BCUT2D eigenvalue weighted by molar-refractivity contribution is 5.95. The van der Waals surface area contributed by atoms with Crippen molar-refractivity contribution in [2.75, 3.05) is 13.1 Å². The molecule has 0 aliphatic carbocycles. The van der Waals surface area contributed by atoms with E-state index in [9.17, 15) is 14.9 Å². The number of nitrogens with zero attached hydrogens (tertiary/aromatic N) is 3. The minimum atomic E-state index is -0.489. The highest BCUT2D eigenvalue weighted by atomic mass is 35.5. The number of rotatable bonds is 4. The van der Waals surface area contributed by atoms with Gasteiger partial charge in [0.15, 0.2) is 0 Å². The van der Waals surface area contributed by atoms with Crippen molar-refractivity contribution in [2.24, 2.45) is 5.92 Å². The van der Waals surface area contributed by atoms with E-state index < -0.39 is 4.92 Å². The number of amides is 1. The van der Waals surface area contributed by atoms with Gasteiger partial charge in [-0.2, -0.15) is 0 Å². The van der Waals surface area contributed by atoms with Crippen LogP contribution < -0.4 is 10.6 Å². The number of nitrogens with one attached hydrogen (secondary N) is 2. The number of aromatic nitrogens is 2. The van der Waals surface area contributed by atoms with E-state index in [4.69, 9.17) is 0 Å². The van der Waals surface area contributed by atoms with E-state index in [1.165, 1.54) is 12.4 Å². The van der Waals surface area contributed by atoms with Gasteiger partial charge >= 0.3 is 0 Å². The molecule has 3 rings (SSSR count). The maximum Gasteiger partial charge on any atom is 0.294 e. The first kappa shape index (κ1) is 21.9. The van der Waals surface area contributed by atoms with E-state index in [1.54, 1.807) is 29.1 Å². The first-order valence-corrected chi connectivity index (χ1v) is 7.84. The molecule has 1 saturated heterocycles. The smallest absolute Gasteiger partial charge is 0.294 e. The average molecular weight is 402 g/mol. The van der Waals surface area contributed by atoms with Gasteiger partial charge in [0.1, 0.15) is 5.69 Å². The molecule has 1 amide bonds. The fourth-order valence-corrected chi connectivity index (χ4v) is 2.87. The molecule has 1 aliphatic rings. The van der Waals surface area contributed by atoms with Crippen LogP contribution in [0.5, 0.6) is 0 Å². The predicted molar refractivity (Wildman–Crippen MR) is 103 cm³/mol. The Labute approximate surface area is 163 Å². The van der Waals surface area contributed by atoms with E-state index in [-0.39, 0.29) is 48.0 Å². The zero-order valence-electron chi connectivity index (χ0n) is 14.1. The molecule has 2 N–H and O–H groups in total. The molecule has 1 aromatic carbocycles. The van der Waals surface area contributed by atoms with Crippen molar-refractivity contribution in [3.05, 3.63) is 52.6 Å². The molecule has 2 heterocycles. The number of carbonyl (C=O) groups is 1. The van der Waals surface area contributed by atoms with E-state index >= 15 is 0 Å². The van der Waals surface area contributed by atoms with Crippen molar-refractivity contribution in [1.29, 1.82) is 0 Å². The summed E-state index contributed by atoms with van der Waals surface area (Å²) in [6.45, 7) is 3.75. The minimum absolute atomic E-state index is 0. The van der Waals surface area contributed by atoms with Gasteiger partial charge in [0, 0.05) is 36.6 Å². The third-order valence-corrected chi connectivity index (χ3v) is 4.36. The van der Waals surface area contributed by atoms with Gasteiger partial charge in [0.2, 0.25) is 0 Å². The van der Waals surface area contributed by atoms with Crippen LogP contribution in [0.1, 0.15) is 23.7 Å². The van der Waals surface area contributed by atoms with Crippen molar-refractivity contribution in [2.45, 2.75) is 19.4 Å². The summed E-state index contributed by atoms with van der Waals surface area (Å²) in [6, 6.07) is 4.50. The summed E-state index contributed by atoms with van der Waals surface area (Å²) in [5, 5.41) is 17.6. The summed E-state index contributed by atoms with van der Waals surface area (Å²) >= 11 is 0. The van der Waals surface area contributed by atoms with Crippen molar-refractivity contribution < 1.29 is 9.72 Å². The lowest BCUT2D eigenvalue weighted by Gasteiger charge is -2.30. The van der Waals surface area contributed by atoms with Gasteiger partial charge in [-0.1, -0.05) is 6.92 Å². The van der Waals surface area contributed by atoms with Crippen LogP contribution in [0.3, 0.4) is 0 Å². The molecule has 10 heteroatoms. The quantitative estimate of drug-likeness (QED) is 0.604. The Morgan fingerprint density at radius 2 is 2.19 bits per heavy atom. The Morgan fingerprint density at radius 3 is 2.81 bits per heavy atom. The van der Waals surface area contributed by atoms with Gasteiger partial charge in [-0.25, -0.2) is 4.98 Å². The van der Waals surface area contributed by atoms with Gasteiger partial charge in [-0.3, -0.25) is 14.9 Å². The van der Waals surface area contributed by atoms with Crippen molar-refractivity contribution in [3.8, 4) is 5.69 Å². The SMILES string of the molecule is CC1CCNCC1NC(=O)c1ccc(-n2ccnc2)c([N+](=O)[O-])c1.Cl.Cl. The first-order chi connectivity index (χ1) is 11.6. The van der Waals surface area contributed by atoms with Crippen LogP contribution in [0, 0.1) is 16.0 Å². The van der Waals surface area contributed by atoms with Crippen LogP contribution in [0.15, 0.2) is 36.9 Å². The molecule has 8 nitrogen and oxygen atoms in total. The van der Waals surface area contributed by atoms with Gasteiger partial charge < -0.3 is 15.2 Å². The van der Waals surface area contributed by atoms with E-state index in [0.717, 1.165) is 13.0 Å². The predicted octanol–water partition coefficient (Wildman–Crippen LogP) is 2.35. The molecule has 0 radical (unpaired) electrons. The number of hydrogen-bond donors (Lipinski definition) is 2. The number of piperidine rings is 1. The molecule has 2 unspecified atom stereocenters. The second-order valence-electron chi connectivity index (χ2n) is 5.98. The lowest BCUT2D eigenvalue weighted by Crippen LogP contribution is -2.50. The molecule has 2 aromatic rings. The van der Waals surface area contributed by atoms with Gasteiger partial charge in [0.05, 0.1) is 11.3 Å². The summed E-state index contributed by atoms with van der Waals surface area (Å²) < 4.78 is 1.55. The fraction of sp³-hybridized carbons (Fsp3) is 0.375. The maximum absolute atomic E-state index is 12.5. The van der Waals surface area contributed by atoms with Crippen LogP contribution in [-0.4, -0.2) is 39.5 Å². The fourth-order valence-electron chi connectivity index (χ4n) is 2.87. The molecule has 0 bridgehead atoms. The minimum Gasteiger partial charge on any atom is -0.348 e. The number of benzene rings is 1. The van der Waals surface area contributed by atoms with Gasteiger partial charge in [-0.15, -0.1) is 24.8 Å². The van der Waals surface area contributed by atoms with E-state index in [2.05, 4.69) is 22.5 Å². The molecule has 1 aromatic heterocycles. The van der Waals surface area contributed by atoms with Crippen LogP contribution in [0.25, 0.3) is 5.69 Å². The van der Waals surface area contributed by atoms with Crippen LogP contribution in [-0.2, 0) is 0 Å². The Morgan fingerprint density at radius 1 is 1.42 bits per heavy atom. The normalized spacial score (nSPS) is 19.0. The van der Waals surface area contributed by atoms with Gasteiger partial charge in [-0.05, 0) is 31.0 Å². The molecular formula is C16H21Cl2N5O3. The van der Waals surface area contributed by atoms with E-state index in [1.807, 2.05) is 0 Å². The van der Waals surface area contributed by atoms with Crippen LogP contribution in [0.2, 0.25) is 0 Å². The largest absolute Gasteiger partial charge is 0.348 e. The summed E-state index contributed by atoms with van der Waals surface area (Å²) in [7, 11) is 0. The number of nitro groups is 1. The molecule has 1 aliphatic heterocycles. The van der Waals surface area contributed by atoms with Crippen molar-refractivity contribution >= 4 is 36.4 Å².